The van der Waals surface area contributed by atoms with Crippen LogP contribution >= 0.6 is 11.8 Å². The van der Waals surface area contributed by atoms with Crippen LogP contribution in [0.4, 0.5) is 5.69 Å². The Morgan fingerprint density at radius 3 is 2.57 bits per heavy atom. The van der Waals surface area contributed by atoms with Crippen molar-refractivity contribution in [1.82, 2.24) is 20.2 Å². The first kappa shape index (κ1) is 18.4. The second kappa shape index (κ2) is 7.24. The Labute approximate surface area is 168 Å². The van der Waals surface area contributed by atoms with Gasteiger partial charge in [0.15, 0.2) is 5.78 Å². The number of benzene rings is 2. The lowest BCUT2D eigenvalue weighted by molar-refractivity contribution is -0.112. The minimum absolute atomic E-state index is 0.0374. The van der Waals surface area contributed by atoms with Crippen molar-refractivity contribution in [3.63, 3.8) is 0 Å². The van der Waals surface area contributed by atoms with Gasteiger partial charge in [-0.15, -0.1) is 5.10 Å². The molecular weight excluding hydrogens is 370 g/mol. The lowest BCUT2D eigenvalue weighted by Gasteiger charge is -2.23. The van der Waals surface area contributed by atoms with E-state index in [0.717, 1.165) is 17.1 Å². The van der Waals surface area contributed by atoms with Gasteiger partial charge in [0.25, 0.3) is 0 Å². The maximum atomic E-state index is 12.7. The number of anilines is 1. The Bertz CT molecular complexity index is 1040. The number of para-hydroxylation sites is 2. The third-order valence-corrected chi connectivity index (χ3v) is 5.96. The standard InChI is InChI=1S/C21H21N5OS/c1-21(2)17-11-7-8-12-18(17)25(3)19(21)13-16(27)14-28-20-22-23-24-26(20)15-9-5-4-6-10-15/h4-13H,14H2,1-3H3/b19-13-. The largest absolute Gasteiger partial charge is 0.347 e. The van der Waals surface area contributed by atoms with E-state index in [2.05, 4.69) is 46.4 Å². The lowest BCUT2D eigenvalue weighted by Crippen LogP contribution is -2.24. The number of rotatable bonds is 5. The molecule has 28 heavy (non-hydrogen) atoms. The monoisotopic (exact) mass is 391 g/mol. The summed E-state index contributed by atoms with van der Waals surface area (Å²) in [4.78, 5) is 14.8. The number of allylic oxidation sites excluding steroid dienone is 2. The molecule has 2 aromatic carbocycles. The summed E-state index contributed by atoms with van der Waals surface area (Å²) in [6.07, 6.45) is 1.75. The first-order chi connectivity index (χ1) is 13.5. The Balaban J connectivity index is 1.51. The summed E-state index contributed by atoms with van der Waals surface area (Å²) in [6.45, 7) is 4.30. The summed E-state index contributed by atoms with van der Waals surface area (Å²) in [5, 5.41) is 12.4. The Kier molecular flexibility index (Phi) is 4.77. The molecule has 142 valence electrons. The summed E-state index contributed by atoms with van der Waals surface area (Å²) >= 11 is 1.34. The number of carbonyl (C=O) groups is 1. The van der Waals surface area contributed by atoms with Crippen molar-refractivity contribution in [2.24, 2.45) is 0 Å². The van der Waals surface area contributed by atoms with E-state index in [-0.39, 0.29) is 17.0 Å². The zero-order chi connectivity index (χ0) is 19.7. The molecule has 0 saturated heterocycles. The van der Waals surface area contributed by atoms with Gasteiger partial charge in [0.1, 0.15) is 0 Å². The van der Waals surface area contributed by atoms with E-state index >= 15 is 0 Å². The van der Waals surface area contributed by atoms with Crippen molar-refractivity contribution in [2.45, 2.75) is 24.4 Å². The SMILES string of the molecule is CN1/C(=C\C(=O)CSc2nnnn2-c2ccccc2)C(C)(C)c2ccccc21. The minimum Gasteiger partial charge on any atom is -0.347 e. The molecule has 0 atom stereocenters. The molecular formula is C21H21N5OS. The Morgan fingerprint density at radius 2 is 1.82 bits per heavy atom. The van der Waals surface area contributed by atoms with Gasteiger partial charge in [-0.25, -0.2) is 0 Å². The summed E-state index contributed by atoms with van der Waals surface area (Å²) in [6, 6.07) is 17.9. The third-order valence-electron chi connectivity index (χ3n) is 5.02. The van der Waals surface area contributed by atoms with Gasteiger partial charge in [-0.1, -0.05) is 62.0 Å². The average molecular weight is 392 g/mol. The smallest absolute Gasteiger partial charge is 0.214 e. The molecule has 3 aromatic rings. The van der Waals surface area contributed by atoms with E-state index in [9.17, 15) is 4.79 Å². The van der Waals surface area contributed by atoms with E-state index < -0.39 is 0 Å². The third kappa shape index (κ3) is 3.22. The number of hydrogen-bond donors (Lipinski definition) is 0. The number of ketones is 1. The number of tetrazole rings is 1. The van der Waals surface area contributed by atoms with Crippen LogP contribution in [0.15, 0.2) is 71.5 Å². The highest BCUT2D eigenvalue weighted by Crippen LogP contribution is 2.46. The average Bonchev–Trinajstić information content (AvgIpc) is 3.25. The van der Waals surface area contributed by atoms with Crippen molar-refractivity contribution >= 4 is 23.2 Å². The highest BCUT2D eigenvalue weighted by molar-refractivity contribution is 7.99. The van der Waals surface area contributed by atoms with Crippen LogP contribution in [0, 0.1) is 0 Å². The fraction of sp³-hybridized carbons (Fsp3) is 0.238. The topological polar surface area (TPSA) is 63.9 Å². The number of likely N-dealkylation sites (N-methyl/N-ethyl adjacent to an activating group) is 1. The highest BCUT2D eigenvalue weighted by Gasteiger charge is 2.38. The molecule has 0 spiro atoms. The van der Waals surface area contributed by atoms with Gasteiger partial charge in [-0.3, -0.25) is 4.79 Å². The van der Waals surface area contributed by atoms with Crippen LogP contribution in [0.3, 0.4) is 0 Å². The van der Waals surface area contributed by atoms with Gasteiger partial charge >= 0.3 is 0 Å². The van der Waals surface area contributed by atoms with E-state index in [1.54, 1.807) is 10.8 Å². The molecule has 0 unspecified atom stereocenters. The van der Waals surface area contributed by atoms with Crippen molar-refractivity contribution in [2.75, 3.05) is 17.7 Å². The van der Waals surface area contributed by atoms with E-state index in [0.29, 0.717) is 5.16 Å². The van der Waals surface area contributed by atoms with E-state index in [4.69, 9.17) is 0 Å². The van der Waals surface area contributed by atoms with Crippen molar-refractivity contribution in [1.29, 1.82) is 0 Å². The summed E-state index contributed by atoms with van der Waals surface area (Å²) in [5.41, 5.74) is 4.04. The van der Waals surface area contributed by atoms with Crippen LogP contribution in [0.2, 0.25) is 0 Å². The minimum atomic E-state index is -0.211. The normalized spacial score (nSPS) is 16.4. The van der Waals surface area contributed by atoms with Crippen molar-refractivity contribution in [3.8, 4) is 5.69 Å². The van der Waals surface area contributed by atoms with Crippen LogP contribution in [0.25, 0.3) is 5.69 Å². The van der Waals surface area contributed by atoms with E-state index in [1.807, 2.05) is 49.5 Å². The quantitative estimate of drug-likeness (QED) is 0.489. The molecule has 0 amide bonds. The second-order valence-electron chi connectivity index (χ2n) is 7.19. The zero-order valence-corrected chi connectivity index (χ0v) is 16.8. The maximum Gasteiger partial charge on any atom is 0.214 e. The molecule has 1 aromatic heterocycles. The Hall–Kier alpha value is -2.93. The predicted octanol–water partition coefficient (Wildman–Crippen LogP) is 3.64. The predicted molar refractivity (Wildman–Crippen MR) is 111 cm³/mol. The number of aromatic nitrogens is 4. The number of nitrogens with zero attached hydrogens (tertiary/aromatic N) is 5. The van der Waals surface area contributed by atoms with Gasteiger partial charge in [-0.2, -0.15) is 4.68 Å². The molecule has 1 aliphatic heterocycles. The maximum absolute atomic E-state index is 12.7. The molecule has 2 heterocycles. The summed E-state index contributed by atoms with van der Waals surface area (Å²) < 4.78 is 1.65. The fourth-order valence-corrected chi connectivity index (χ4v) is 4.30. The van der Waals surface area contributed by atoms with Crippen LogP contribution in [0.5, 0.6) is 0 Å². The molecule has 4 rings (SSSR count). The van der Waals surface area contributed by atoms with Crippen molar-refractivity contribution in [3.05, 3.63) is 71.9 Å². The van der Waals surface area contributed by atoms with Crippen LogP contribution in [0.1, 0.15) is 19.4 Å². The van der Waals surface area contributed by atoms with Gasteiger partial charge in [0, 0.05) is 29.9 Å². The van der Waals surface area contributed by atoms with Crippen LogP contribution in [-0.2, 0) is 10.2 Å². The zero-order valence-electron chi connectivity index (χ0n) is 16.0. The molecule has 0 bridgehead atoms. The Morgan fingerprint density at radius 1 is 1.11 bits per heavy atom. The van der Waals surface area contributed by atoms with Crippen LogP contribution < -0.4 is 4.90 Å². The summed E-state index contributed by atoms with van der Waals surface area (Å²) in [5.74, 6) is 0.312. The van der Waals surface area contributed by atoms with Crippen molar-refractivity contribution < 1.29 is 4.79 Å². The molecule has 0 aliphatic carbocycles. The highest BCUT2D eigenvalue weighted by atomic mass is 32.2. The fourth-order valence-electron chi connectivity index (χ4n) is 3.59. The number of thioether (sulfide) groups is 1. The molecule has 1 aliphatic rings. The number of carbonyl (C=O) groups excluding carboxylic acids is 1. The van der Waals surface area contributed by atoms with Gasteiger partial charge in [-0.05, 0) is 34.2 Å². The van der Waals surface area contributed by atoms with Crippen LogP contribution in [-0.4, -0.2) is 38.8 Å². The van der Waals surface area contributed by atoms with Gasteiger partial charge in [0.2, 0.25) is 5.16 Å². The second-order valence-corrected chi connectivity index (χ2v) is 8.14. The molecule has 0 radical (unpaired) electrons. The molecule has 0 N–H and O–H groups in total. The number of hydrogen-bond acceptors (Lipinski definition) is 6. The van der Waals surface area contributed by atoms with Gasteiger partial charge in [0.05, 0.1) is 11.4 Å². The number of fused-ring (bicyclic) bond motifs is 1. The van der Waals surface area contributed by atoms with E-state index in [1.165, 1.54) is 17.3 Å². The molecule has 0 saturated carbocycles. The first-order valence-corrected chi connectivity index (χ1v) is 10.0. The summed E-state index contributed by atoms with van der Waals surface area (Å²) in [7, 11) is 2.01. The lowest BCUT2D eigenvalue weighted by atomic mass is 9.83. The van der Waals surface area contributed by atoms with Gasteiger partial charge < -0.3 is 4.90 Å². The molecule has 7 heteroatoms. The molecule has 0 fully saturated rings. The molecule has 6 nitrogen and oxygen atoms in total. The first-order valence-electron chi connectivity index (χ1n) is 9.03.